The molecular weight excluding hydrogens is 320 g/mol. The van der Waals surface area contributed by atoms with Crippen LogP contribution in [-0.4, -0.2) is 28.6 Å². The molecule has 2 aromatic rings. The minimum absolute atomic E-state index is 0.378. The number of carbonyl (C=O) groups excluding carboxylic acids is 1. The van der Waals surface area contributed by atoms with E-state index in [9.17, 15) is 4.79 Å². The second kappa shape index (κ2) is 7.09. The zero-order valence-electron chi connectivity index (χ0n) is 14.6. The smallest absolute Gasteiger partial charge is 0.338 e. The zero-order chi connectivity index (χ0) is 17.9. The maximum atomic E-state index is 12.5. The maximum Gasteiger partial charge on any atom is 0.338 e. The molecule has 0 saturated carbocycles. The predicted octanol–water partition coefficient (Wildman–Crippen LogP) is 3.91. The van der Waals surface area contributed by atoms with Crippen molar-refractivity contribution in [2.45, 2.75) is 33.3 Å². The van der Waals surface area contributed by atoms with Crippen molar-refractivity contribution in [3.05, 3.63) is 53.2 Å². The van der Waals surface area contributed by atoms with Crippen molar-refractivity contribution in [3.8, 4) is 11.3 Å². The summed E-state index contributed by atoms with van der Waals surface area (Å²) < 4.78 is 5.48. The summed E-state index contributed by atoms with van der Waals surface area (Å²) >= 11 is 5.32. The predicted molar refractivity (Wildman–Crippen MR) is 100 cm³/mol. The number of esters is 1. The molecular formula is C19H22N2O2S. The lowest BCUT2D eigenvalue weighted by molar-refractivity contribution is 0.00695. The molecule has 126 valence electrons. The van der Waals surface area contributed by atoms with Gasteiger partial charge >= 0.3 is 5.97 Å². The fourth-order valence-electron chi connectivity index (χ4n) is 2.14. The van der Waals surface area contributed by atoms with Gasteiger partial charge in [0.2, 0.25) is 0 Å². The highest BCUT2D eigenvalue weighted by Crippen LogP contribution is 2.23. The monoisotopic (exact) mass is 342 g/mol. The Morgan fingerprint density at radius 3 is 2.38 bits per heavy atom. The van der Waals surface area contributed by atoms with Crippen molar-refractivity contribution < 1.29 is 9.53 Å². The van der Waals surface area contributed by atoms with E-state index in [2.05, 4.69) is 10.3 Å². The molecule has 0 radical (unpaired) electrons. The van der Waals surface area contributed by atoms with Gasteiger partial charge in [0, 0.05) is 24.4 Å². The largest absolute Gasteiger partial charge is 0.456 e. The first-order valence-electron chi connectivity index (χ1n) is 7.73. The molecule has 2 rings (SSSR count). The van der Waals surface area contributed by atoms with Crippen molar-refractivity contribution >= 4 is 23.2 Å². The Labute approximate surface area is 148 Å². The first kappa shape index (κ1) is 18.1. The van der Waals surface area contributed by atoms with Crippen LogP contribution < -0.4 is 5.32 Å². The number of aromatic nitrogens is 1. The number of aryl methyl sites for hydroxylation is 1. The molecule has 5 heteroatoms. The van der Waals surface area contributed by atoms with Crippen LogP contribution >= 0.6 is 12.2 Å². The average molecular weight is 342 g/mol. The van der Waals surface area contributed by atoms with Crippen molar-refractivity contribution in [3.63, 3.8) is 0 Å². The van der Waals surface area contributed by atoms with Crippen molar-refractivity contribution in [2.24, 2.45) is 0 Å². The van der Waals surface area contributed by atoms with Gasteiger partial charge in [0.1, 0.15) is 10.6 Å². The number of benzene rings is 1. The third-order valence-electron chi connectivity index (χ3n) is 3.26. The summed E-state index contributed by atoms with van der Waals surface area (Å²) in [6.45, 7) is 7.51. The van der Waals surface area contributed by atoms with Crippen molar-refractivity contribution in [1.82, 2.24) is 10.3 Å². The van der Waals surface area contributed by atoms with E-state index in [1.165, 1.54) is 0 Å². The number of nitrogens with one attached hydrogen (secondary N) is 1. The molecule has 0 aliphatic rings. The van der Waals surface area contributed by atoms with Crippen LogP contribution in [0.4, 0.5) is 0 Å². The minimum atomic E-state index is -0.557. The van der Waals surface area contributed by atoms with Gasteiger partial charge in [-0.25, -0.2) is 4.79 Å². The Morgan fingerprint density at radius 2 is 1.83 bits per heavy atom. The van der Waals surface area contributed by atoms with Crippen LogP contribution in [0.1, 0.15) is 42.3 Å². The molecule has 1 N–H and O–H groups in total. The zero-order valence-corrected chi connectivity index (χ0v) is 15.5. The average Bonchev–Trinajstić information content (AvgIpc) is 2.52. The molecule has 0 spiro atoms. The van der Waals surface area contributed by atoms with Gasteiger partial charge in [-0.15, -0.1) is 0 Å². The molecule has 0 amide bonds. The lowest BCUT2D eigenvalue weighted by Crippen LogP contribution is -2.24. The number of pyridine rings is 1. The summed E-state index contributed by atoms with van der Waals surface area (Å²) in [6, 6.07) is 9.36. The standard InChI is InChI=1S/C19H22N2O2S/c1-12-6-7-16(21-11-12)13-8-14(17(24)20-5)10-15(9-13)18(22)23-19(2,3)4/h6-11H,1-5H3,(H,20,24). The first-order valence-corrected chi connectivity index (χ1v) is 8.14. The van der Waals surface area contributed by atoms with E-state index < -0.39 is 5.60 Å². The van der Waals surface area contributed by atoms with Gasteiger partial charge < -0.3 is 10.1 Å². The van der Waals surface area contributed by atoms with E-state index in [0.717, 1.165) is 22.4 Å². The highest BCUT2D eigenvalue weighted by Gasteiger charge is 2.19. The summed E-state index contributed by atoms with van der Waals surface area (Å²) in [6.07, 6.45) is 1.80. The molecule has 0 bridgehead atoms. The topological polar surface area (TPSA) is 51.2 Å². The normalized spacial score (nSPS) is 11.0. The van der Waals surface area contributed by atoms with E-state index in [4.69, 9.17) is 17.0 Å². The van der Waals surface area contributed by atoms with Crippen molar-refractivity contribution in [1.29, 1.82) is 0 Å². The van der Waals surface area contributed by atoms with Crippen LogP contribution in [0.3, 0.4) is 0 Å². The van der Waals surface area contributed by atoms with E-state index in [-0.39, 0.29) is 5.97 Å². The van der Waals surface area contributed by atoms with E-state index in [0.29, 0.717) is 10.6 Å². The number of thiocarbonyl (C=S) groups is 1. The number of hydrogen-bond donors (Lipinski definition) is 1. The van der Waals surface area contributed by atoms with Gasteiger partial charge in [0.05, 0.1) is 11.3 Å². The SMILES string of the molecule is CNC(=S)c1cc(C(=O)OC(C)(C)C)cc(-c2ccc(C)cn2)c1. The minimum Gasteiger partial charge on any atom is -0.456 e. The summed E-state index contributed by atoms with van der Waals surface area (Å²) in [4.78, 5) is 17.5. The molecule has 1 heterocycles. The molecule has 1 aromatic carbocycles. The summed E-state index contributed by atoms with van der Waals surface area (Å²) in [5, 5.41) is 2.94. The number of hydrogen-bond acceptors (Lipinski definition) is 4. The molecule has 0 saturated heterocycles. The number of nitrogens with zero attached hydrogens (tertiary/aromatic N) is 1. The second-order valence-corrected chi connectivity index (χ2v) is 7.01. The molecule has 0 unspecified atom stereocenters. The van der Waals surface area contributed by atoms with Gasteiger partial charge in [-0.2, -0.15) is 0 Å². The summed E-state index contributed by atoms with van der Waals surface area (Å²) in [7, 11) is 1.76. The van der Waals surface area contributed by atoms with Crippen LogP contribution in [0.5, 0.6) is 0 Å². The second-order valence-electron chi connectivity index (χ2n) is 6.60. The maximum absolute atomic E-state index is 12.5. The Morgan fingerprint density at radius 1 is 1.17 bits per heavy atom. The summed E-state index contributed by atoms with van der Waals surface area (Å²) in [5.74, 6) is -0.378. The Kier molecular flexibility index (Phi) is 5.34. The molecule has 1 aromatic heterocycles. The Bertz CT molecular complexity index is 762. The molecule has 0 aliphatic heterocycles. The lowest BCUT2D eigenvalue weighted by atomic mass is 10.0. The van der Waals surface area contributed by atoms with Gasteiger partial charge in [0.15, 0.2) is 0 Å². The fraction of sp³-hybridized carbons (Fsp3) is 0.316. The van der Waals surface area contributed by atoms with Crippen LogP contribution in [-0.2, 0) is 4.74 Å². The highest BCUT2D eigenvalue weighted by atomic mass is 32.1. The lowest BCUT2D eigenvalue weighted by Gasteiger charge is -2.20. The van der Waals surface area contributed by atoms with Crippen LogP contribution in [0, 0.1) is 6.92 Å². The number of ether oxygens (including phenoxy) is 1. The van der Waals surface area contributed by atoms with Gasteiger partial charge in [-0.3, -0.25) is 4.98 Å². The Hall–Kier alpha value is -2.27. The molecule has 4 nitrogen and oxygen atoms in total. The number of carbonyl (C=O) groups is 1. The van der Waals surface area contributed by atoms with Gasteiger partial charge in [-0.05, 0) is 57.5 Å². The quantitative estimate of drug-likeness (QED) is 0.677. The number of rotatable bonds is 3. The van der Waals surface area contributed by atoms with Gasteiger partial charge in [-0.1, -0.05) is 18.3 Å². The molecule has 24 heavy (non-hydrogen) atoms. The molecule has 0 atom stereocenters. The van der Waals surface area contributed by atoms with E-state index in [1.54, 1.807) is 25.4 Å². The van der Waals surface area contributed by atoms with E-state index >= 15 is 0 Å². The third kappa shape index (κ3) is 4.61. The highest BCUT2D eigenvalue weighted by molar-refractivity contribution is 7.80. The third-order valence-corrected chi connectivity index (χ3v) is 3.70. The first-order chi connectivity index (χ1) is 11.2. The molecule has 0 aliphatic carbocycles. The molecule has 0 fully saturated rings. The van der Waals surface area contributed by atoms with Crippen LogP contribution in [0.2, 0.25) is 0 Å². The Balaban J connectivity index is 2.51. The van der Waals surface area contributed by atoms with Crippen LogP contribution in [0.25, 0.3) is 11.3 Å². The fourth-order valence-corrected chi connectivity index (χ4v) is 2.26. The van der Waals surface area contributed by atoms with Crippen molar-refractivity contribution in [2.75, 3.05) is 7.05 Å². The summed E-state index contributed by atoms with van der Waals surface area (Å²) in [5.41, 5.74) is 3.34. The van der Waals surface area contributed by atoms with Crippen LogP contribution in [0.15, 0.2) is 36.5 Å². The van der Waals surface area contributed by atoms with E-state index in [1.807, 2.05) is 45.9 Å². The van der Waals surface area contributed by atoms with Gasteiger partial charge in [0.25, 0.3) is 0 Å².